The van der Waals surface area contributed by atoms with E-state index >= 15 is 0 Å². The number of ether oxygens (including phenoxy) is 2. The highest BCUT2D eigenvalue weighted by Crippen LogP contribution is 2.30. The first-order valence-electron chi connectivity index (χ1n) is 6.48. The van der Waals surface area contributed by atoms with Crippen molar-refractivity contribution < 1.29 is 14.3 Å². The van der Waals surface area contributed by atoms with Crippen LogP contribution in [0.25, 0.3) is 0 Å². The SMILES string of the molecule is Cc1ccc(N2CC3(CNCCOC3)OCC2=O)s1. The smallest absolute Gasteiger partial charge is 0.253 e. The van der Waals surface area contributed by atoms with E-state index in [1.807, 2.05) is 24.0 Å². The molecule has 1 unspecified atom stereocenters. The fraction of sp³-hybridized carbons (Fsp3) is 0.615. The second kappa shape index (κ2) is 5.20. The van der Waals surface area contributed by atoms with Gasteiger partial charge in [-0.1, -0.05) is 0 Å². The maximum Gasteiger partial charge on any atom is 0.253 e. The third-order valence-corrected chi connectivity index (χ3v) is 4.50. The number of hydrogen-bond donors (Lipinski definition) is 1. The van der Waals surface area contributed by atoms with Crippen LogP contribution in [-0.4, -0.2) is 51.0 Å². The highest BCUT2D eigenvalue weighted by Gasteiger charge is 2.41. The second-order valence-corrected chi connectivity index (χ2v) is 6.33. The molecule has 0 bridgehead atoms. The van der Waals surface area contributed by atoms with E-state index in [9.17, 15) is 4.79 Å². The summed E-state index contributed by atoms with van der Waals surface area (Å²) in [6, 6.07) is 4.04. The summed E-state index contributed by atoms with van der Waals surface area (Å²) in [5, 5.41) is 4.31. The number of carbonyl (C=O) groups excluding carboxylic acids is 1. The van der Waals surface area contributed by atoms with Crippen molar-refractivity contribution in [3.8, 4) is 0 Å². The Kier molecular flexibility index (Phi) is 3.58. The van der Waals surface area contributed by atoms with Gasteiger partial charge in [0, 0.05) is 18.0 Å². The second-order valence-electron chi connectivity index (χ2n) is 5.07. The Morgan fingerprint density at radius 1 is 1.47 bits per heavy atom. The number of hydrogen-bond acceptors (Lipinski definition) is 5. The molecule has 2 aliphatic heterocycles. The van der Waals surface area contributed by atoms with E-state index in [0.717, 1.165) is 18.1 Å². The quantitative estimate of drug-likeness (QED) is 0.827. The Hall–Kier alpha value is -0.950. The summed E-state index contributed by atoms with van der Waals surface area (Å²) >= 11 is 1.64. The molecule has 19 heavy (non-hydrogen) atoms. The van der Waals surface area contributed by atoms with Gasteiger partial charge in [0.2, 0.25) is 0 Å². The Bertz CT molecular complexity index is 466. The van der Waals surface area contributed by atoms with Crippen molar-refractivity contribution in [3.05, 3.63) is 17.0 Å². The van der Waals surface area contributed by atoms with Gasteiger partial charge in [-0.2, -0.15) is 0 Å². The molecule has 0 radical (unpaired) electrons. The van der Waals surface area contributed by atoms with Crippen LogP contribution in [-0.2, 0) is 14.3 Å². The molecular weight excluding hydrogens is 264 g/mol. The minimum atomic E-state index is -0.414. The molecule has 1 spiro atoms. The first-order valence-corrected chi connectivity index (χ1v) is 7.29. The molecule has 1 amide bonds. The largest absolute Gasteiger partial charge is 0.377 e. The lowest BCUT2D eigenvalue weighted by Crippen LogP contribution is -2.60. The van der Waals surface area contributed by atoms with Crippen LogP contribution in [0.4, 0.5) is 5.00 Å². The molecule has 5 nitrogen and oxygen atoms in total. The van der Waals surface area contributed by atoms with Crippen molar-refractivity contribution in [2.45, 2.75) is 12.5 Å². The van der Waals surface area contributed by atoms with Crippen LogP contribution in [0.3, 0.4) is 0 Å². The van der Waals surface area contributed by atoms with Crippen LogP contribution < -0.4 is 10.2 Å². The molecular formula is C13H18N2O3S. The van der Waals surface area contributed by atoms with Gasteiger partial charge >= 0.3 is 0 Å². The first-order chi connectivity index (χ1) is 9.19. The fourth-order valence-corrected chi connectivity index (χ4v) is 3.32. The molecule has 3 rings (SSSR count). The fourth-order valence-electron chi connectivity index (χ4n) is 2.45. The highest BCUT2D eigenvalue weighted by molar-refractivity contribution is 7.16. The average Bonchev–Trinajstić information content (AvgIpc) is 2.71. The topological polar surface area (TPSA) is 50.8 Å². The lowest BCUT2D eigenvalue weighted by atomic mass is 10.0. The summed E-state index contributed by atoms with van der Waals surface area (Å²) in [4.78, 5) is 15.1. The van der Waals surface area contributed by atoms with Gasteiger partial charge in [-0.3, -0.25) is 9.69 Å². The maximum atomic E-state index is 12.1. The zero-order valence-electron chi connectivity index (χ0n) is 11.0. The van der Waals surface area contributed by atoms with Crippen molar-refractivity contribution >= 4 is 22.2 Å². The number of morpholine rings is 1. The molecule has 1 N–H and O–H groups in total. The molecule has 3 heterocycles. The predicted octanol–water partition coefficient (Wildman–Crippen LogP) is 0.778. The standard InChI is InChI=1S/C13H18N2O3S/c1-10-2-3-12(19-10)15-8-13(18-6-11(15)16)7-14-4-5-17-9-13/h2-3,14H,4-9H2,1H3. The van der Waals surface area contributed by atoms with Gasteiger partial charge in [0.05, 0.1) is 24.8 Å². The van der Waals surface area contributed by atoms with Gasteiger partial charge in [0.15, 0.2) is 0 Å². The summed E-state index contributed by atoms with van der Waals surface area (Å²) in [6.07, 6.45) is 0. The molecule has 6 heteroatoms. The summed E-state index contributed by atoms with van der Waals surface area (Å²) in [6.45, 7) is 5.51. The Balaban J connectivity index is 1.81. The van der Waals surface area contributed by atoms with Gasteiger partial charge in [0.1, 0.15) is 12.2 Å². The first kappa shape index (κ1) is 13.1. The third kappa shape index (κ3) is 2.67. The van der Waals surface area contributed by atoms with Crippen molar-refractivity contribution in [1.29, 1.82) is 0 Å². The highest BCUT2D eigenvalue weighted by atomic mass is 32.1. The van der Waals surface area contributed by atoms with Gasteiger partial charge in [0.25, 0.3) is 5.91 Å². The Morgan fingerprint density at radius 3 is 3.16 bits per heavy atom. The van der Waals surface area contributed by atoms with Gasteiger partial charge in [-0.15, -0.1) is 11.3 Å². The van der Waals surface area contributed by atoms with Gasteiger partial charge in [-0.25, -0.2) is 0 Å². The van der Waals surface area contributed by atoms with Crippen LogP contribution >= 0.6 is 11.3 Å². The average molecular weight is 282 g/mol. The molecule has 1 aromatic heterocycles. The van der Waals surface area contributed by atoms with Gasteiger partial charge in [-0.05, 0) is 19.1 Å². The van der Waals surface area contributed by atoms with Crippen molar-refractivity contribution in [1.82, 2.24) is 5.32 Å². The number of nitrogens with zero attached hydrogens (tertiary/aromatic N) is 1. The maximum absolute atomic E-state index is 12.1. The molecule has 1 atom stereocenters. The number of aryl methyl sites for hydroxylation is 1. The summed E-state index contributed by atoms with van der Waals surface area (Å²) in [7, 11) is 0. The molecule has 2 fully saturated rings. The molecule has 104 valence electrons. The van der Waals surface area contributed by atoms with Crippen molar-refractivity contribution in [2.24, 2.45) is 0 Å². The van der Waals surface area contributed by atoms with Crippen LogP contribution in [0.1, 0.15) is 4.88 Å². The molecule has 0 saturated carbocycles. The Morgan fingerprint density at radius 2 is 2.37 bits per heavy atom. The van der Waals surface area contributed by atoms with Crippen LogP contribution in [0.5, 0.6) is 0 Å². The predicted molar refractivity (Wildman–Crippen MR) is 73.8 cm³/mol. The normalized spacial score (nSPS) is 28.7. The van der Waals surface area contributed by atoms with E-state index in [2.05, 4.69) is 5.32 Å². The molecule has 0 aromatic carbocycles. The lowest BCUT2D eigenvalue weighted by Gasteiger charge is -2.40. The van der Waals surface area contributed by atoms with E-state index in [0.29, 0.717) is 19.8 Å². The van der Waals surface area contributed by atoms with E-state index in [-0.39, 0.29) is 12.5 Å². The van der Waals surface area contributed by atoms with E-state index in [4.69, 9.17) is 9.47 Å². The minimum absolute atomic E-state index is 0.0247. The van der Waals surface area contributed by atoms with E-state index in [1.165, 1.54) is 4.88 Å². The number of rotatable bonds is 1. The summed E-state index contributed by atoms with van der Waals surface area (Å²) in [5.41, 5.74) is -0.414. The number of carbonyl (C=O) groups is 1. The Labute approximate surface area is 116 Å². The number of thiophene rings is 1. The zero-order valence-corrected chi connectivity index (χ0v) is 11.8. The molecule has 1 aromatic rings. The molecule has 2 saturated heterocycles. The van der Waals surface area contributed by atoms with Crippen LogP contribution in [0.15, 0.2) is 12.1 Å². The molecule has 2 aliphatic rings. The summed E-state index contributed by atoms with van der Waals surface area (Å²) < 4.78 is 11.4. The van der Waals surface area contributed by atoms with Gasteiger partial charge < -0.3 is 14.8 Å². The van der Waals surface area contributed by atoms with Crippen molar-refractivity contribution in [2.75, 3.05) is 44.4 Å². The number of anilines is 1. The van der Waals surface area contributed by atoms with E-state index in [1.54, 1.807) is 11.3 Å². The third-order valence-electron chi connectivity index (χ3n) is 3.48. The minimum Gasteiger partial charge on any atom is -0.377 e. The monoisotopic (exact) mass is 282 g/mol. The van der Waals surface area contributed by atoms with Crippen LogP contribution in [0.2, 0.25) is 0 Å². The summed E-state index contributed by atoms with van der Waals surface area (Å²) in [5.74, 6) is 0.0247. The van der Waals surface area contributed by atoms with E-state index < -0.39 is 5.60 Å². The lowest BCUT2D eigenvalue weighted by molar-refractivity contribution is -0.144. The van der Waals surface area contributed by atoms with Crippen molar-refractivity contribution in [3.63, 3.8) is 0 Å². The number of nitrogens with one attached hydrogen (secondary N) is 1. The zero-order chi connectivity index (χ0) is 13.3. The number of amides is 1. The van der Waals surface area contributed by atoms with Crippen LogP contribution in [0, 0.1) is 6.92 Å². The molecule has 0 aliphatic carbocycles.